The van der Waals surface area contributed by atoms with Crippen molar-refractivity contribution in [1.82, 2.24) is 4.98 Å². The van der Waals surface area contributed by atoms with Gasteiger partial charge in [-0.3, -0.25) is 9.55 Å². The summed E-state index contributed by atoms with van der Waals surface area (Å²) in [6.45, 7) is 16.2. The van der Waals surface area contributed by atoms with Crippen LogP contribution in [0.25, 0.3) is 0 Å². The number of pyridine rings is 1. The van der Waals surface area contributed by atoms with Crippen LogP contribution in [0.4, 0.5) is 0 Å². The third-order valence-electron chi connectivity index (χ3n) is 3.64. The van der Waals surface area contributed by atoms with Crippen molar-refractivity contribution in [3.63, 3.8) is 0 Å². The molecule has 7 nitrogen and oxygen atoms in total. The summed E-state index contributed by atoms with van der Waals surface area (Å²) in [5.41, 5.74) is 0.0253. The second kappa shape index (κ2) is 7.12. The smallest absolute Gasteiger partial charge is 0.364 e. The van der Waals surface area contributed by atoms with E-state index >= 15 is 0 Å². The van der Waals surface area contributed by atoms with Gasteiger partial charge in [-0.15, -0.1) is 0 Å². The molecule has 0 fully saturated rings. The molecular formula is C19H32NO6P. The summed E-state index contributed by atoms with van der Waals surface area (Å²) in [5.74, 6) is -1.80. The van der Waals surface area contributed by atoms with Gasteiger partial charge >= 0.3 is 7.60 Å². The van der Waals surface area contributed by atoms with Gasteiger partial charge in [-0.2, -0.15) is 0 Å². The van der Waals surface area contributed by atoms with Crippen LogP contribution < -0.4 is 4.74 Å². The lowest BCUT2D eigenvalue weighted by Crippen LogP contribution is -2.36. The van der Waals surface area contributed by atoms with Crippen LogP contribution in [0.1, 0.15) is 78.1 Å². The van der Waals surface area contributed by atoms with Crippen LogP contribution >= 0.6 is 7.60 Å². The van der Waals surface area contributed by atoms with E-state index in [1.807, 2.05) is 6.92 Å². The zero-order valence-corrected chi connectivity index (χ0v) is 18.6. The van der Waals surface area contributed by atoms with Gasteiger partial charge < -0.3 is 23.6 Å². The van der Waals surface area contributed by atoms with Gasteiger partial charge in [0, 0.05) is 31.2 Å². The van der Waals surface area contributed by atoms with E-state index in [0.717, 1.165) is 0 Å². The number of nitrogens with zero attached hydrogens (tertiary/aromatic N) is 1. The summed E-state index contributed by atoms with van der Waals surface area (Å²) in [4.78, 5) is 4.31. The number of ether oxygens (including phenoxy) is 2. The average Bonchev–Trinajstić information content (AvgIpc) is 2.43. The van der Waals surface area contributed by atoms with Crippen molar-refractivity contribution in [3.05, 3.63) is 23.0 Å². The first-order chi connectivity index (χ1) is 12.0. The molecule has 2 heterocycles. The number of aliphatic hydroxyl groups excluding tert-OH is 1. The number of hydrogen-bond acceptors (Lipinski definition) is 7. The van der Waals surface area contributed by atoms with Crippen LogP contribution in [0, 0.1) is 6.92 Å². The number of fused-ring (bicyclic) bond motifs is 1. The third-order valence-corrected chi connectivity index (χ3v) is 6.12. The van der Waals surface area contributed by atoms with Gasteiger partial charge in [-0.25, -0.2) is 0 Å². The van der Waals surface area contributed by atoms with Crippen molar-refractivity contribution < 1.29 is 28.2 Å². The quantitative estimate of drug-likeness (QED) is 0.722. The summed E-state index contributed by atoms with van der Waals surface area (Å²) in [7, 11) is -3.96. The second-order valence-electron chi connectivity index (χ2n) is 9.22. The Balaban J connectivity index is 2.53. The number of aromatic nitrogens is 1. The first-order valence-electron chi connectivity index (χ1n) is 9.04. The maximum atomic E-state index is 13.6. The standard InChI is InChI=1S/C19H32NO6P/c1-12-15-14(11-23-19(8,9)24-15)13(10-20-12)16(21)27(22,25-17(2,3)4)26-18(5,6)7/h10,16,21H,11H2,1-9H3. The van der Waals surface area contributed by atoms with Crippen LogP contribution in [0.15, 0.2) is 6.20 Å². The van der Waals surface area contributed by atoms with Gasteiger partial charge in [-0.05, 0) is 48.5 Å². The Morgan fingerprint density at radius 3 is 2.19 bits per heavy atom. The summed E-state index contributed by atoms with van der Waals surface area (Å²) >= 11 is 0. The number of rotatable bonds is 4. The van der Waals surface area contributed by atoms with Crippen molar-refractivity contribution in [2.75, 3.05) is 0 Å². The van der Waals surface area contributed by atoms with E-state index < -0.39 is 30.4 Å². The van der Waals surface area contributed by atoms with Crippen molar-refractivity contribution in [1.29, 1.82) is 0 Å². The molecule has 1 aliphatic rings. The van der Waals surface area contributed by atoms with Gasteiger partial charge in [-0.1, -0.05) is 0 Å². The minimum atomic E-state index is -3.96. The molecular weight excluding hydrogens is 369 g/mol. The van der Waals surface area contributed by atoms with Crippen molar-refractivity contribution in [2.45, 2.75) is 91.8 Å². The average molecular weight is 401 g/mol. The zero-order chi connectivity index (χ0) is 20.8. The molecule has 1 aliphatic heterocycles. The van der Waals surface area contributed by atoms with E-state index in [4.69, 9.17) is 18.5 Å². The first kappa shape index (κ1) is 22.3. The molecule has 0 bridgehead atoms. The molecule has 1 aromatic rings. The number of aryl methyl sites for hydroxylation is 1. The Kier molecular flexibility index (Phi) is 5.89. The maximum absolute atomic E-state index is 13.6. The Bertz CT molecular complexity index is 728. The SMILES string of the molecule is Cc1ncc(C(O)P(=O)(OC(C)(C)C)OC(C)(C)C)c2c1OC(C)(C)OC2. The monoisotopic (exact) mass is 401 g/mol. The molecule has 0 aromatic carbocycles. The highest BCUT2D eigenvalue weighted by Gasteiger charge is 2.45. The summed E-state index contributed by atoms with van der Waals surface area (Å²) < 4.78 is 36.8. The Hall–Kier alpha value is -0.980. The second-order valence-corrected chi connectivity index (χ2v) is 11.2. The topological polar surface area (TPSA) is 87.1 Å². The van der Waals surface area contributed by atoms with Gasteiger partial charge in [0.25, 0.3) is 0 Å². The molecule has 0 spiro atoms. The normalized spacial score (nSPS) is 18.6. The largest absolute Gasteiger partial charge is 0.461 e. The lowest BCUT2D eigenvalue weighted by atomic mass is 10.1. The summed E-state index contributed by atoms with van der Waals surface area (Å²) in [6, 6.07) is 0. The van der Waals surface area contributed by atoms with Crippen molar-refractivity contribution in [2.24, 2.45) is 0 Å². The Morgan fingerprint density at radius 1 is 1.19 bits per heavy atom. The van der Waals surface area contributed by atoms with Crippen LogP contribution in [0.3, 0.4) is 0 Å². The minimum absolute atomic E-state index is 0.198. The maximum Gasteiger partial charge on any atom is 0.364 e. The van der Waals surface area contributed by atoms with Gasteiger partial charge in [0.1, 0.15) is 5.75 Å². The summed E-state index contributed by atoms with van der Waals surface area (Å²) in [6.07, 6.45) is 1.48. The van der Waals surface area contributed by atoms with E-state index in [1.54, 1.807) is 55.4 Å². The van der Waals surface area contributed by atoms with Gasteiger partial charge in [0.2, 0.25) is 5.79 Å². The summed E-state index contributed by atoms with van der Waals surface area (Å²) in [5, 5.41) is 11.1. The minimum Gasteiger partial charge on any atom is -0.461 e. The third kappa shape index (κ3) is 5.52. The fraction of sp³-hybridized carbons (Fsp3) is 0.737. The van der Waals surface area contributed by atoms with Gasteiger partial charge in [0.15, 0.2) is 5.85 Å². The van der Waals surface area contributed by atoms with Crippen LogP contribution in [-0.2, 0) is 25.0 Å². The molecule has 1 N–H and O–H groups in total. The molecule has 0 aliphatic carbocycles. The molecule has 0 saturated carbocycles. The molecule has 1 atom stereocenters. The predicted octanol–water partition coefficient (Wildman–Crippen LogP) is 4.85. The molecule has 2 rings (SSSR count). The molecule has 0 radical (unpaired) electrons. The zero-order valence-electron chi connectivity index (χ0n) is 17.7. The first-order valence-corrected chi connectivity index (χ1v) is 10.6. The highest BCUT2D eigenvalue weighted by Crippen LogP contribution is 2.64. The van der Waals surface area contributed by atoms with E-state index in [0.29, 0.717) is 22.6 Å². The lowest BCUT2D eigenvalue weighted by Gasteiger charge is -2.37. The fourth-order valence-electron chi connectivity index (χ4n) is 2.73. The molecule has 154 valence electrons. The molecule has 1 aromatic heterocycles. The predicted molar refractivity (Wildman–Crippen MR) is 103 cm³/mol. The van der Waals surface area contributed by atoms with Gasteiger partial charge in [0.05, 0.1) is 23.5 Å². The van der Waals surface area contributed by atoms with Crippen LogP contribution in [-0.4, -0.2) is 27.1 Å². The highest BCUT2D eigenvalue weighted by atomic mass is 31.2. The number of hydrogen-bond donors (Lipinski definition) is 1. The molecule has 27 heavy (non-hydrogen) atoms. The van der Waals surface area contributed by atoms with Crippen LogP contribution in [0.2, 0.25) is 0 Å². The van der Waals surface area contributed by atoms with Crippen molar-refractivity contribution in [3.8, 4) is 5.75 Å². The van der Waals surface area contributed by atoms with Crippen LogP contribution in [0.5, 0.6) is 5.75 Å². The fourth-order valence-corrected chi connectivity index (χ4v) is 5.06. The van der Waals surface area contributed by atoms with E-state index in [-0.39, 0.29) is 6.61 Å². The molecule has 0 saturated heterocycles. The van der Waals surface area contributed by atoms with E-state index in [9.17, 15) is 9.67 Å². The Morgan fingerprint density at radius 2 is 1.70 bits per heavy atom. The van der Waals surface area contributed by atoms with Crippen molar-refractivity contribution >= 4 is 7.60 Å². The van der Waals surface area contributed by atoms with E-state index in [1.165, 1.54) is 6.20 Å². The molecule has 1 unspecified atom stereocenters. The number of aliphatic hydroxyl groups is 1. The lowest BCUT2D eigenvalue weighted by molar-refractivity contribution is -0.181. The van der Waals surface area contributed by atoms with E-state index in [2.05, 4.69) is 4.98 Å². The molecule has 0 amide bonds. The highest BCUT2D eigenvalue weighted by molar-refractivity contribution is 7.54. The molecule has 8 heteroatoms. The Labute approximate surface area is 161 Å².